The van der Waals surface area contributed by atoms with Crippen molar-refractivity contribution in [1.82, 2.24) is 0 Å². The lowest BCUT2D eigenvalue weighted by molar-refractivity contribution is -0.148. The molecule has 2 aromatic carbocycles. The minimum atomic E-state index is -3.39. The third-order valence-electron chi connectivity index (χ3n) is 3.50. The van der Waals surface area contributed by atoms with E-state index in [4.69, 9.17) is 9.47 Å². The van der Waals surface area contributed by atoms with Crippen molar-refractivity contribution in [1.29, 1.82) is 0 Å². The molecule has 0 aliphatic carbocycles. The van der Waals surface area contributed by atoms with E-state index in [1.54, 1.807) is 12.1 Å². The third kappa shape index (κ3) is 6.74. The number of sulfonamides is 1. The van der Waals surface area contributed by atoms with E-state index < -0.39 is 27.9 Å². The topological polar surface area (TPSA) is 98.8 Å². The number of nitrogens with one attached hydrogen (secondary N) is 1. The van der Waals surface area contributed by atoms with Gasteiger partial charge >= 0.3 is 5.97 Å². The molecular formula is C19H21NO6S. The number of ether oxygens (including phenoxy) is 2. The Hall–Kier alpha value is -2.87. The summed E-state index contributed by atoms with van der Waals surface area (Å²) in [5.41, 5.74) is 1.64. The van der Waals surface area contributed by atoms with Crippen LogP contribution in [0.2, 0.25) is 0 Å². The molecule has 8 heteroatoms. The van der Waals surface area contributed by atoms with Gasteiger partial charge in [0.15, 0.2) is 12.7 Å². The van der Waals surface area contributed by atoms with Crippen molar-refractivity contribution in [3.8, 4) is 5.75 Å². The molecule has 1 N–H and O–H groups in total. The molecule has 1 atom stereocenters. The Labute approximate surface area is 158 Å². The Morgan fingerprint density at radius 1 is 1.11 bits per heavy atom. The SMILES string of the molecule is Cc1cccc(OCC(=O)O[C@H](C)C(=O)c2ccc(NS(C)(=O)=O)cc2)c1. The fourth-order valence-electron chi connectivity index (χ4n) is 2.28. The molecule has 0 spiro atoms. The van der Waals surface area contributed by atoms with E-state index >= 15 is 0 Å². The number of rotatable bonds is 8. The van der Waals surface area contributed by atoms with Crippen LogP contribution in [0.1, 0.15) is 22.8 Å². The van der Waals surface area contributed by atoms with Gasteiger partial charge < -0.3 is 9.47 Å². The van der Waals surface area contributed by atoms with Gasteiger partial charge in [0, 0.05) is 11.3 Å². The fraction of sp³-hybridized carbons (Fsp3) is 0.263. The van der Waals surface area contributed by atoms with Crippen LogP contribution in [0.25, 0.3) is 0 Å². The molecule has 7 nitrogen and oxygen atoms in total. The Morgan fingerprint density at radius 3 is 2.37 bits per heavy atom. The maximum absolute atomic E-state index is 12.3. The van der Waals surface area contributed by atoms with Gasteiger partial charge in [0.2, 0.25) is 15.8 Å². The van der Waals surface area contributed by atoms with Gasteiger partial charge in [-0.25, -0.2) is 13.2 Å². The van der Waals surface area contributed by atoms with Crippen molar-refractivity contribution in [2.24, 2.45) is 0 Å². The largest absolute Gasteiger partial charge is 0.482 e. The third-order valence-corrected chi connectivity index (χ3v) is 4.10. The number of esters is 1. The number of benzene rings is 2. The Balaban J connectivity index is 1.89. The minimum Gasteiger partial charge on any atom is -0.482 e. The summed E-state index contributed by atoms with van der Waals surface area (Å²) in [4.78, 5) is 24.2. The summed E-state index contributed by atoms with van der Waals surface area (Å²) in [6, 6.07) is 13.1. The normalized spacial score (nSPS) is 12.1. The Morgan fingerprint density at radius 2 is 1.78 bits per heavy atom. The molecule has 27 heavy (non-hydrogen) atoms. The molecule has 0 fully saturated rings. The Bertz CT molecular complexity index is 921. The maximum Gasteiger partial charge on any atom is 0.344 e. The molecule has 0 amide bonds. The summed E-state index contributed by atoms with van der Waals surface area (Å²) in [6.07, 6.45) is 0.0409. The molecule has 0 radical (unpaired) electrons. The molecule has 0 aliphatic heterocycles. The van der Waals surface area contributed by atoms with Crippen molar-refractivity contribution < 1.29 is 27.5 Å². The van der Waals surface area contributed by atoms with E-state index in [1.165, 1.54) is 31.2 Å². The summed E-state index contributed by atoms with van der Waals surface area (Å²) < 4.78 is 35.1. The van der Waals surface area contributed by atoms with Crippen LogP contribution in [0.5, 0.6) is 5.75 Å². The summed E-state index contributed by atoms with van der Waals surface area (Å²) in [7, 11) is -3.39. The number of hydrogen-bond donors (Lipinski definition) is 1. The van der Waals surface area contributed by atoms with E-state index in [0.29, 0.717) is 17.0 Å². The van der Waals surface area contributed by atoms with Crippen LogP contribution in [-0.2, 0) is 19.6 Å². The number of hydrogen-bond acceptors (Lipinski definition) is 6. The highest BCUT2D eigenvalue weighted by Crippen LogP contribution is 2.14. The number of anilines is 1. The predicted molar refractivity (Wildman–Crippen MR) is 101 cm³/mol. The van der Waals surface area contributed by atoms with Gasteiger partial charge in [-0.1, -0.05) is 12.1 Å². The van der Waals surface area contributed by atoms with Gasteiger partial charge in [0.05, 0.1) is 6.26 Å². The lowest BCUT2D eigenvalue weighted by Gasteiger charge is -2.13. The lowest BCUT2D eigenvalue weighted by atomic mass is 10.1. The second-order valence-corrected chi connectivity index (χ2v) is 7.80. The van der Waals surface area contributed by atoms with Crippen molar-refractivity contribution >= 4 is 27.5 Å². The average Bonchev–Trinajstić information content (AvgIpc) is 2.58. The molecule has 2 rings (SSSR count). The number of ketones is 1. The smallest absolute Gasteiger partial charge is 0.344 e. The summed E-state index contributed by atoms with van der Waals surface area (Å²) in [6.45, 7) is 3.07. The summed E-state index contributed by atoms with van der Waals surface area (Å²) in [5.74, 6) is -0.516. The van der Waals surface area contributed by atoms with Gasteiger partial charge in [0.1, 0.15) is 5.75 Å². The highest BCUT2D eigenvalue weighted by molar-refractivity contribution is 7.92. The van der Waals surface area contributed by atoms with Crippen LogP contribution >= 0.6 is 0 Å². The van der Waals surface area contributed by atoms with Gasteiger partial charge in [-0.3, -0.25) is 9.52 Å². The van der Waals surface area contributed by atoms with Crippen LogP contribution in [0.15, 0.2) is 48.5 Å². The van der Waals surface area contributed by atoms with Gasteiger partial charge in [-0.2, -0.15) is 0 Å². The van der Waals surface area contributed by atoms with Crippen LogP contribution in [-0.4, -0.2) is 39.1 Å². The second-order valence-electron chi connectivity index (χ2n) is 6.05. The molecule has 0 aliphatic rings. The highest BCUT2D eigenvalue weighted by Gasteiger charge is 2.20. The quantitative estimate of drug-likeness (QED) is 0.548. The van der Waals surface area contributed by atoms with Crippen LogP contribution < -0.4 is 9.46 Å². The molecule has 2 aromatic rings. The number of carbonyl (C=O) groups excluding carboxylic acids is 2. The monoisotopic (exact) mass is 391 g/mol. The first kappa shape index (κ1) is 20.4. The van der Waals surface area contributed by atoms with Crippen molar-refractivity contribution in [3.63, 3.8) is 0 Å². The van der Waals surface area contributed by atoms with Gasteiger partial charge in [0.25, 0.3) is 0 Å². The van der Waals surface area contributed by atoms with Crippen molar-refractivity contribution in [2.75, 3.05) is 17.6 Å². The summed E-state index contributed by atoms with van der Waals surface area (Å²) >= 11 is 0. The molecule has 144 valence electrons. The van der Waals surface area contributed by atoms with Crippen molar-refractivity contribution in [2.45, 2.75) is 20.0 Å². The Kier molecular flexibility index (Phi) is 6.57. The number of Topliss-reactive ketones (excluding diaryl/α,β-unsaturated/α-hetero) is 1. The zero-order valence-corrected chi connectivity index (χ0v) is 16.1. The molecule has 0 heterocycles. The lowest BCUT2D eigenvalue weighted by Crippen LogP contribution is -2.27. The zero-order chi connectivity index (χ0) is 20.0. The first-order valence-electron chi connectivity index (χ1n) is 8.15. The van der Waals surface area contributed by atoms with Crippen LogP contribution in [0.3, 0.4) is 0 Å². The zero-order valence-electron chi connectivity index (χ0n) is 15.3. The molecular weight excluding hydrogens is 370 g/mol. The molecule has 0 saturated carbocycles. The standard InChI is InChI=1S/C19H21NO6S/c1-13-5-4-6-17(11-13)25-12-18(21)26-14(2)19(22)15-7-9-16(10-8-15)20-27(3,23)24/h4-11,14,20H,12H2,1-3H3/t14-/m1/s1. The predicted octanol–water partition coefficient (Wildman–Crippen LogP) is 2.56. The highest BCUT2D eigenvalue weighted by atomic mass is 32.2. The van der Waals surface area contributed by atoms with Crippen molar-refractivity contribution in [3.05, 3.63) is 59.7 Å². The molecule has 0 aromatic heterocycles. The average molecular weight is 391 g/mol. The second kappa shape index (κ2) is 8.68. The van der Waals surface area contributed by atoms with E-state index in [2.05, 4.69) is 4.72 Å². The molecule has 0 bridgehead atoms. The fourth-order valence-corrected chi connectivity index (χ4v) is 2.85. The van der Waals surface area contributed by atoms with E-state index in [-0.39, 0.29) is 6.61 Å². The van der Waals surface area contributed by atoms with Crippen LogP contribution in [0, 0.1) is 6.92 Å². The first-order chi connectivity index (χ1) is 12.6. The number of carbonyl (C=O) groups is 2. The van der Waals surface area contributed by atoms with Gasteiger partial charge in [-0.15, -0.1) is 0 Å². The minimum absolute atomic E-state index is 0.300. The number of aryl methyl sites for hydroxylation is 1. The summed E-state index contributed by atoms with van der Waals surface area (Å²) in [5, 5.41) is 0. The van der Waals surface area contributed by atoms with E-state index in [0.717, 1.165) is 11.8 Å². The van der Waals surface area contributed by atoms with Gasteiger partial charge in [-0.05, 0) is 55.8 Å². The van der Waals surface area contributed by atoms with E-state index in [1.807, 2.05) is 19.1 Å². The molecule has 0 saturated heterocycles. The first-order valence-corrected chi connectivity index (χ1v) is 10.0. The maximum atomic E-state index is 12.3. The molecule has 0 unspecified atom stereocenters. The van der Waals surface area contributed by atoms with Crippen LogP contribution in [0.4, 0.5) is 5.69 Å². The van der Waals surface area contributed by atoms with E-state index in [9.17, 15) is 18.0 Å².